The average molecular weight is 309 g/mol. The molecule has 1 aromatic heterocycles. The van der Waals surface area contributed by atoms with Crippen LogP contribution >= 0.6 is 11.3 Å². The first-order valence-corrected chi connectivity index (χ1v) is 8.58. The van der Waals surface area contributed by atoms with Crippen LogP contribution in [-0.4, -0.2) is 13.4 Å². The smallest absolute Gasteiger partial charge is 0.240 e. The Morgan fingerprint density at radius 3 is 2.90 bits per heavy atom. The van der Waals surface area contributed by atoms with Gasteiger partial charge in [0, 0.05) is 24.2 Å². The highest BCUT2D eigenvalue weighted by molar-refractivity contribution is 7.89. The van der Waals surface area contributed by atoms with Crippen molar-refractivity contribution < 1.29 is 8.42 Å². The summed E-state index contributed by atoms with van der Waals surface area (Å²) in [7, 11) is -3.48. The van der Waals surface area contributed by atoms with Crippen molar-refractivity contribution in [2.75, 3.05) is 0 Å². The molecule has 0 aliphatic carbocycles. The molecule has 106 valence electrons. The first kappa shape index (κ1) is 13.7. The predicted molar refractivity (Wildman–Crippen MR) is 77.9 cm³/mol. The minimum absolute atomic E-state index is 0.232. The minimum Gasteiger partial charge on any atom is -0.309 e. The SMILES string of the molecule is Cc1cnc(CNS(=O)(=O)c2ccc3c(c2)CNC3)s1. The predicted octanol–water partition coefficient (Wildman–Crippen LogP) is 1.53. The van der Waals surface area contributed by atoms with Gasteiger partial charge in [0.25, 0.3) is 0 Å². The normalized spacial score (nSPS) is 14.4. The first-order chi connectivity index (χ1) is 9.54. The quantitative estimate of drug-likeness (QED) is 0.898. The standard InChI is InChI=1S/C13H15N3O2S2/c1-9-5-15-13(19-9)8-16-20(17,18)12-3-2-10-6-14-7-11(10)4-12/h2-5,14,16H,6-8H2,1H3. The lowest BCUT2D eigenvalue weighted by Gasteiger charge is -2.07. The zero-order valence-electron chi connectivity index (χ0n) is 11.0. The van der Waals surface area contributed by atoms with Crippen LogP contribution in [0.25, 0.3) is 0 Å². The number of hydrogen-bond acceptors (Lipinski definition) is 5. The largest absolute Gasteiger partial charge is 0.309 e. The van der Waals surface area contributed by atoms with Gasteiger partial charge in [0.05, 0.1) is 11.4 Å². The Hall–Kier alpha value is -1.28. The lowest BCUT2D eigenvalue weighted by atomic mass is 10.1. The fraction of sp³-hybridized carbons (Fsp3) is 0.308. The number of hydrogen-bond donors (Lipinski definition) is 2. The summed E-state index contributed by atoms with van der Waals surface area (Å²) >= 11 is 1.50. The number of sulfonamides is 1. The van der Waals surface area contributed by atoms with E-state index in [1.165, 1.54) is 16.9 Å². The van der Waals surface area contributed by atoms with Crippen molar-refractivity contribution in [1.82, 2.24) is 15.0 Å². The van der Waals surface area contributed by atoms with Crippen LogP contribution in [-0.2, 0) is 29.7 Å². The average Bonchev–Trinajstić information content (AvgIpc) is 3.04. The number of aryl methyl sites for hydroxylation is 1. The van der Waals surface area contributed by atoms with Crippen LogP contribution < -0.4 is 10.0 Å². The number of nitrogens with zero attached hydrogens (tertiary/aromatic N) is 1. The maximum atomic E-state index is 12.3. The fourth-order valence-corrected chi connectivity index (χ4v) is 4.02. The lowest BCUT2D eigenvalue weighted by molar-refractivity contribution is 0.581. The van der Waals surface area contributed by atoms with E-state index in [1.54, 1.807) is 18.3 Å². The number of nitrogens with one attached hydrogen (secondary N) is 2. The Bertz CT molecular complexity index is 738. The summed E-state index contributed by atoms with van der Waals surface area (Å²) < 4.78 is 27.1. The number of benzene rings is 1. The second-order valence-electron chi connectivity index (χ2n) is 4.72. The topological polar surface area (TPSA) is 71.1 Å². The molecule has 0 saturated heterocycles. The third-order valence-electron chi connectivity index (χ3n) is 3.20. The van der Waals surface area contributed by atoms with E-state index in [4.69, 9.17) is 0 Å². The lowest BCUT2D eigenvalue weighted by Crippen LogP contribution is -2.23. The zero-order valence-corrected chi connectivity index (χ0v) is 12.6. The van der Waals surface area contributed by atoms with Crippen molar-refractivity contribution in [2.45, 2.75) is 31.5 Å². The van der Waals surface area contributed by atoms with Crippen molar-refractivity contribution in [1.29, 1.82) is 0 Å². The molecule has 20 heavy (non-hydrogen) atoms. The summed E-state index contributed by atoms with van der Waals surface area (Å²) in [5.41, 5.74) is 2.22. The van der Waals surface area contributed by atoms with Gasteiger partial charge in [-0.05, 0) is 30.2 Å². The Morgan fingerprint density at radius 1 is 1.35 bits per heavy atom. The summed E-state index contributed by atoms with van der Waals surface area (Å²) in [4.78, 5) is 5.54. The third kappa shape index (κ3) is 2.76. The van der Waals surface area contributed by atoms with Gasteiger partial charge in [-0.15, -0.1) is 11.3 Å². The molecule has 0 atom stereocenters. The van der Waals surface area contributed by atoms with E-state index >= 15 is 0 Å². The molecule has 0 amide bonds. The van der Waals surface area contributed by atoms with Gasteiger partial charge in [-0.2, -0.15) is 0 Å². The zero-order chi connectivity index (χ0) is 14.2. The molecular weight excluding hydrogens is 294 g/mol. The van der Waals surface area contributed by atoms with Crippen molar-refractivity contribution >= 4 is 21.4 Å². The summed E-state index contributed by atoms with van der Waals surface area (Å²) in [6.07, 6.45) is 1.75. The molecule has 5 nitrogen and oxygen atoms in total. The van der Waals surface area contributed by atoms with Crippen LogP contribution in [0.3, 0.4) is 0 Å². The Kier molecular flexibility index (Phi) is 3.59. The summed E-state index contributed by atoms with van der Waals surface area (Å²) in [6.45, 7) is 3.71. The van der Waals surface area contributed by atoms with Gasteiger partial charge >= 0.3 is 0 Å². The monoisotopic (exact) mass is 309 g/mol. The van der Waals surface area contributed by atoms with Crippen molar-refractivity contribution in [3.63, 3.8) is 0 Å². The van der Waals surface area contributed by atoms with E-state index in [2.05, 4.69) is 15.0 Å². The highest BCUT2D eigenvalue weighted by atomic mass is 32.2. The molecular formula is C13H15N3O2S2. The fourth-order valence-electron chi connectivity index (χ4n) is 2.16. The summed E-state index contributed by atoms with van der Waals surface area (Å²) in [6, 6.07) is 5.27. The molecule has 2 aromatic rings. The van der Waals surface area contributed by atoms with Gasteiger partial charge in [-0.3, -0.25) is 0 Å². The Labute approximate surface area is 122 Å². The highest BCUT2D eigenvalue weighted by Gasteiger charge is 2.18. The molecule has 0 fully saturated rings. The highest BCUT2D eigenvalue weighted by Crippen LogP contribution is 2.20. The van der Waals surface area contributed by atoms with Gasteiger partial charge in [0.15, 0.2) is 0 Å². The maximum Gasteiger partial charge on any atom is 0.240 e. The van der Waals surface area contributed by atoms with Gasteiger partial charge in [0.1, 0.15) is 5.01 Å². The molecule has 0 spiro atoms. The molecule has 2 N–H and O–H groups in total. The summed E-state index contributed by atoms with van der Waals surface area (Å²) in [5, 5.41) is 3.98. The van der Waals surface area contributed by atoms with Gasteiger partial charge < -0.3 is 5.32 Å². The third-order valence-corrected chi connectivity index (χ3v) is 5.51. The molecule has 3 rings (SSSR count). The van der Waals surface area contributed by atoms with E-state index in [1.807, 2.05) is 13.0 Å². The number of fused-ring (bicyclic) bond motifs is 1. The van der Waals surface area contributed by atoms with Crippen LogP contribution in [0.4, 0.5) is 0 Å². The van der Waals surface area contributed by atoms with Gasteiger partial charge in [0.2, 0.25) is 10.0 Å². The van der Waals surface area contributed by atoms with E-state index in [9.17, 15) is 8.42 Å². The number of thiazole rings is 1. The van der Waals surface area contributed by atoms with Crippen LogP contribution in [0.15, 0.2) is 29.3 Å². The molecule has 1 aromatic carbocycles. The van der Waals surface area contributed by atoms with E-state index in [0.29, 0.717) is 4.90 Å². The second kappa shape index (κ2) is 5.25. The minimum atomic E-state index is -3.48. The van der Waals surface area contributed by atoms with E-state index in [-0.39, 0.29) is 6.54 Å². The van der Waals surface area contributed by atoms with Crippen molar-refractivity contribution in [3.8, 4) is 0 Å². The Morgan fingerprint density at radius 2 is 2.15 bits per heavy atom. The van der Waals surface area contributed by atoms with Gasteiger partial charge in [-0.25, -0.2) is 18.1 Å². The molecule has 1 aliphatic heterocycles. The molecule has 0 saturated carbocycles. The summed E-state index contributed by atoms with van der Waals surface area (Å²) in [5.74, 6) is 0. The Balaban J connectivity index is 1.78. The van der Waals surface area contributed by atoms with E-state index in [0.717, 1.165) is 28.5 Å². The molecule has 0 bridgehead atoms. The van der Waals surface area contributed by atoms with E-state index < -0.39 is 10.0 Å². The number of rotatable bonds is 4. The molecule has 2 heterocycles. The number of aromatic nitrogens is 1. The maximum absolute atomic E-state index is 12.3. The molecule has 0 unspecified atom stereocenters. The van der Waals surface area contributed by atoms with Crippen molar-refractivity contribution in [3.05, 3.63) is 45.4 Å². The van der Waals surface area contributed by atoms with Crippen molar-refractivity contribution in [2.24, 2.45) is 0 Å². The molecule has 7 heteroatoms. The van der Waals surface area contributed by atoms with Crippen LogP contribution in [0.2, 0.25) is 0 Å². The van der Waals surface area contributed by atoms with Crippen LogP contribution in [0, 0.1) is 6.92 Å². The van der Waals surface area contributed by atoms with Gasteiger partial charge in [-0.1, -0.05) is 6.07 Å². The molecule has 1 aliphatic rings. The van der Waals surface area contributed by atoms with Crippen LogP contribution in [0.5, 0.6) is 0 Å². The first-order valence-electron chi connectivity index (χ1n) is 6.28. The second-order valence-corrected chi connectivity index (χ2v) is 7.81. The molecule has 0 radical (unpaired) electrons. The van der Waals surface area contributed by atoms with Crippen LogP contribution in [0.1, 0.15) is 21.0 Å².